The second-order valence-corrected chi connectivity index (χ2v) is 11.1. The van der Waals surface area contributed by atoms with E-state index in [0.717, 1.165) is 36.6 Å². The molecule has 1 saturated carbocycles. The molecule has 0 spiro atoms. The number of nitrogens with zero attached hydrogens (tertiary/aromatic N) is 3. The van der Waals surface area contributed by atoms with E-state index >= 15 is 0 Å². The van der Waals surface area contributed by atoms with Crippen molar-refractivity contribution in [2.24, 2.45) is 16.5 Å². The first-order chi connectivity index (χ1) is 17.2. The zero-order valence-corrected chi connectivity index (χ0v) is 21.0. The van der Waals surface area contributed by atoms with Gasteiger partial charge in [-0.3, -0.25) is 10.1 Å². The molecule has 1 heterocycles. The number of aromatic nitrogens is 2. The fourth-order valence-corrected chi connectivity index (χ4v) is 5.63. The number of benzene rings is 2. The minimum atomic E-state index is -3.58. The molecule has 0 bridgehead atoms. The van der Waals surface area contributed by atoms with Crippen LogP contribution in [0.5, 0.6) is 0 Å². The van der Waals surface area contributed by atoms with Gasteiger partial charge in [0.1, 0.15) is 5.82 Å². The monoisotopic (exact) mass is 509 g/mol. The van der Waals surface area contributed by atoms with Crippen molar-refractivity contribution in [1.82, 2.24) is 9.97 Å². The summed E-state index contributed by atoms with van der Waals surface area (Å²) in [6, 6.07) is 13.7. The van der Waals surface area contributed by atoms with Crippen LogP contribution in [-0.4, -0.2) is 48.1 Å². The first-order valence-corrected chi connectivity index (χ1v) is 13.6. The second kappa shape index (κ2) is 10.9. The largest absolute Gasteiger partial charge is 0.370 e. The van der Waals surface area contributed by atoms with Crippen LogP contribution in [0, 0.1) is 6.92 Å². The molecule has 2 aromatic carbocycles. The van der Waals surface area contributed by atoms with Crippen molar-refractivity contribution in [1.29, 1.82) is 0 Å². The number of guanidine groups is 1. The summed E-state index contributed by atoms with van der Waals surface area (Å²) in [5.41, 5.74) is 13.0. The van der Waals surface area contributed by atoms with E-state index in [2.05, 4.69) is 25.6 Å². The van der Waals surface area contributed by atoms with Crippen molar-refractivity contribution < 1.29 is 13.2 Å². The smallest absolute Gasteiger partial charge is 0.231 e. The van der Waals surface area contributed by atoms with Gasteiger partial charge < -0.3 is 16.8 Å². The first-order valence-electron chi connectivity index (χ1n) is 11.9. The lowest BCUT2D eigenvalue weighted by molar-refractivity contribution is -0.115. The fourth-order valence-electron chi connectivity index (χ4n) is 4.37. The summed E-state index contributed by atoms with van der Waals surface area (Å²) in [7, 11) is -3.58. The molecular weight excluding hydrogens is 478 g/mol. The lowest BCUT2D eigenvalue weighted by Gasteiger charge is -2.30. The van der Waals surface area contributed by atoms with Gasteiger partial charge in [-0.25, -0.2) is 18.4 Å². The quantitative estimate of drug-likeness (QED) is 0.266. The van der Waals surface area contributed by atoms with Gasteiger partial charge in [0.05, 0.1) is 28.2 Å². The van der Waals surface area contributed by atoms with Crippen LogP contribution in [0.4, 0.5) is 11.8 Å². The Kier molecular flexibility index (Phi) is 7.68. The van der Waals surface area contributed by atoms with E-state index in [0.29, 0.717) is 11.3 Å². The van der Waals surface area contributed by atoms with Crippen molar-refractivity contribution >= 4 is 44.4 Å². The number of fused-ring (bicyclic) bond motifs is 1. The minimum absolute atomic E-state index is 0.0287. The van der Waals surface area contributed by atoms with Crippen LogP contribution in [0.2, 0.25) is 0 Å². The minimum Gasteiger partial charge on any atom is -0.370 e. The molecule has 190 valence electrons. The van der Waals surface area contributed by atoms with E-state index in [4.69, 9.17) is 11.5 Å². The van der Waals surface area contributed by atoms with E-state index in [1.54, 1.807) is 18.2 Å². The molecule has 3 aromatic rings. The number of aliphatic imine (C=N–C) groups is 1. The standard InChI is InChI=1S/C25H31N7O3S/c1-16-11-12-19-18(15-16)23(28-20-9-5-6-10-21(20)29-24(26)27)32-25(30-19)31-22(33)13-14-36(34,35)17-7-3-2-4-8-17/h2-4,7-8,11-12,15,20-21H,5-6,9-10,13-14H2,1H3,(H4,26,27,29)(H2,28,30,31,32,33). The summed E-state index contributed by atoms with van der Waals surface area (Å²) >= 11 is 0. The number of rotatable bonds is 8. The summed E-state index contributed by atoms with van der Waals surface area (Å²) in [4.78, 5) is 26.3. The summed E-state index contributed by atoms with van der Waals surface area (Å²) in [5.74, 6) is -0.0783. The number of nitrogens with two attached hydrogens (primary N) is 2. The normalized spacial score (nSPS) is 17.9. The van der Waals surface area contributed by atoms with Crippen LogP contribution < -0.4 is 22.1 Å². The Labute approximate surface area is 210 Å². The third-order valence-electron chi connectivity index (χ3n) is 6.17. The predicted octanol–water partition coefficient (Wildman–Crippen LogP) is 2.74. The molecule has 0 radical (unpaired) electrons. The lowest BCUT2D eigenvalue weighted by Crippen LogP contribution is -2.38. The summed E-state index contributed by atoms with van der Waals surface area (Å²) < 4.78 is 25.1. The Balaban J connectivity index is 1.55. The van der Waals surface area contributed by atoms with Crippen molar-refractivity contribution in [2.45, 2.75) is 56.0 Å². The molecule has 1 aliphatic carbocycles. The molecule has 6 N–H and O–H groups in total. The number of aryl methyl sites for hydroxylation is 1. The number of carbonyl (C=O) groups excluding carboxylic acids is 1. The van der Waals surface area contributed by atoms with E-state index in [1.165, 1.54) is 12.1 Å². The van der Waals surface area contributed by atoms with Gasteiger partial charge in [0.15, 0.2) is 15.8 Å². The Morgan fingerprint density at radius 2 is 1.83 bits per heavy atom. The highest BCUT2D eigenvalue weighted by molar-refractivity contribution is 7.91. The molecule has 4 rings (SSSR count). The Morgan fingerprint density at radius 1 is 1.08 bits per heavy atom. The van der Waals surface area contributed by atoms with Gasteiger partial charge in [0, 0.05) is 11.8 Å². The molecule has 1 aliphatic rings. The molecule has 11 heteroatoms. The van der Waals surface area contributed by atoms with Crippen molar-refractivity contribution in [3.63, 3.8) is 0 Å². The van der Waals surface area contributed by atoms with Crippen LogP contribution in [-0.2, 0) is 14.6 Å². The topological polar surface area (TPSA) is 165 Å². The third kappa shape index (κ3) is 6.28. The van der Waals surface area contributed by atoms with Crippen molar-refractivity contribution in [2.75, 3.05) is 16.4 Å². The second-order valence-electron chi connectivity index (χ2n) is 9.00. The van der Waals surface area contributed by atoms with E-state index in [-0.39, 0.29) is 41.1 Å². The summed E-state index contributed by atoms with van der Waals surface area (Å²) in [5, 5.41) is 6.96. The van der Waals surface area contributed by atoms with Gasteiger partial charge >= 0.3 is 0 Å². The zero-order valence-electron chi connectivity index (χ0n) is 20.1. The van der Waals surface area contributed by atoms with Gasteiger partial charge in [-0.1, -0.05) is 42.7 Å². The maximum Gasteiger partial charge on any atom is 0.231 e. The average molecular weight is 510 g/mol. The number of nitrogens with one attached hydrogen (secondary N) is 2. The maximum atomic E-state index is 12.6. The number of hydrogen-bond donors (Lipinski definition) is 4. The zero-order chi connectivity index (χ0) is 25.7. The molecule has 36 heavy (non-hydrogen) atoms. The maximum absolute atomic E-state index is 12.6. The van der Waals surface area contributed by atoms with Crippen LogP contribution in [0.1, 0.15) is 37.7 Å². The predicted molar refractivity (Wildman–Crippen MR) is 141 cm³/mol. The van der Waals surface area contributed by atoms with E-state index < -0.39 is 15.7 Å². The first kappa shape index (κ1) is 25.4. The molecule has 0 saturated heterocycles. The number of carbonyl (C=O) groups is 1. The fraction of sp³-hybridized carbons (Fsp3) is 0.360. The van der Waals surface area contributed by atoms with Crippen LogP contribution >= 0.6 is 0 Å². The lowest BCUT2D eigenvalue weighted by atomic mass is 9.90. The van der Waals surface area contributed by atoms with Crippen LogP contribution in [0.3, 0.4) is 0 Å². The summed E-state index contributed by atoms with van der Waals surface area (Å²) in [6.07, 6.45) is 3.59. The molecule has 0 aliphatic heterocycles. The molecule has 2 unspecified atom stereocenters. The SMILES string of the molecule is Cc1ccc2nc(NC(=O)CCS(=O)(=O)c3ccccc3)nc(NC3CCCCC3N=C(N)N)c2c1. The van der Waals surface area contributed by atoms with Crippen LogP contribution in [0.25, 0.3) is 10.9 Å². The third-order valence-corrected chi connectivity index (χ3v) is 7.90. The van der Waals surface area contributed by atoms with Gasteiger partial charge in [0.25, 0.3) is 0 Å². The van der Waals surface area contributed by atoms with Gasteiger partial charge in [-0.05, 0) is 44.0 Å². The Morgan fingerprint density at radius 3 is 2.58 bits per heavy atom. The molecule has 2 atom stereocenters. The highest BCUT2D eigenvalue weighted by atomic mass is 32.2. The number of hydrogen-bond acceptors (Lipinski definition) is 7. The van der Waals surface area contributed by atoms with Crippen molar-refractivity contribution in [3.05, 3.63) is 54.1 Å². The van der Waals surface area contributed by atoms with Gasteiger partial charge in [-0.2, -0.15) is 4.98 Å². The van der Waals surface area contributed by atoms with E-state index in [1.807, 2.05) is 25.1 Å². The molecule has 1 aromatic heterocycles. The van der Waals surface area contributed by atoms with E-state index in [9.17, 15) is 13.2 Å². The molecule has 10 nitrogen and oxygen atoms in total. The highest BCUT2D eigenvalue weighted by Gasteiger charge is 2.26. The van der Waals surface area contributed by atoms with Crippen LogP contribution in [0.15, 0.2) is 58.4 Å². The Hall–Kier alpha value is -3.73. The number of amides is 1. The van der Waals surface area contributed by atoms with Crippen molar-refractivity contribution in [3.8, 4) is 0 Å². The Bertz CT molecular complexity index is 1370. The van der Waals surface area contributed by atoms with Gasteiger partial charge in [-0.15, -0.1) is 0 Å². The molecular formula is C25H31N7O3S. The van der Waals surface area contributed by atoms with Gasteiger partial charge in [0.2, 0.25) is 11.9 Å². The highest BCUT2D eigenvalue weighted by Crippen LogP contribution is 2.29. The summed E-state index contributed by atoms with van der Waals surface area (Å²) in [6.45, 7) is 1.98. The average Bonchev–Trinajstić information content (AvgIpc) is 2.85. The molecule has 1 fully saturated rings. The number of anilines is 2. The number of sulfone groups is 1. The molecule has 1 amide bonds.